The van der Waals surface area contributed by atoms with Crippen LogP contribution in [0.1, 0.15) is 0 Å². The van der Waals surface area contributed by atoms with E-state index in [0.717, 1.165) is 17.1 Å². The van der Waals surface area contributed by atoms with Crippen molar-refractivity contribution in [1.29, 1.82) is 0 Å². The topological polar surface area (TPSA) is 3.24 Å². The summed E-state index contributed by atoms with van der Waals surface area (Å²) in [5.41, 5.74) is 13.0. The molecule has 272 valence electrons. The maximum absolute atomic E-state index is 2.43. The summed E-state index contributed by atoms with van der Waals surface area (Å²) in [6.45, 7) is 0. The van der Waals surface area contributed by atoms with E-state index < -0.39 is 0 Å². The molecule has 0 saturated heterocycles. The minimum Gasteiger partial charge on any atom is -0.310 e. The molecule has 0 atom stereocenters. The standard InChI is InChI=1S/C56H37NS/c1-3-19-46-40(13-1)15-10-23-48(46)42-31-29-38(30-32-42)39-33-35-44(36-34-39)57(45-18-9-17-43(37-45)49-24-11-16-41-14-2-4-20-47(41)49)54-27-7-5-21-50(54)52-25-12-26-53-51-22-6-8-28-55(51)58-56(52)53/h1-37H. The molecule has 0 spiro atoms. The molecule has 11 rings (SSSR count). The van der Waals surface area contributed by atoms with Crippen molar-refractivity contribution in [3.8, 4) is 44.5 Å². The van der Waals surface area contributed by atoms with Crippen LogP contribution in [0.2, 0.25) is 0 Å². The van der Waals surface area contributed by atoms with E-state index in [0.29, 0.717) is 0 Å². The SMILES string of the molecule is c1cc(-c2cccc3ccccc23)cc(N(c2ccc(-c3ccc(-c4cccc5ccccc45)cc3)cc2)c2ccccc2-c2cccc3c2sc2ccccc23)c1. The summed E-state index contributed by atoms with van der Waals surface area (Å²) in [6.07, 6.45) is 0. The van der Waals surface area contributed by atoms with Crippen molar-refractivity contribution in [2.45, 2.75) is 0 Å². The zero-order valence-electron chi connectivity index (χ0n) is 31.7. The van der Waals surface area contributed by atoms with Crippen LogP contribution in [0, 0.1) is 0 Å². The van der Waals surface area contributed by atoms with Crippen LogP contribution in [-0.4, -0.2) is 0 Å². The van der Waals surface area contributed by atoms with Crippen molar-refractivity contribution in [2.75, 3.05) is 4.90 Å². The zero-order valence-corrected chi connectivity index (χ0v) is 32.5. The van der Waals surface area contributed by atoms with Gasteiger partial charge < -0.3 is 4.90 Å². The molecule has 0 saturated carbocycles. The normalized spacial score (nSPS) is 11.4. The molecule has 0 aliphatic heterocycles. The maximum atomic E-state index is 2.43. The summed E-state index contributed by atoms with van der Waals surface area (Å²) in [4.78, 5) is 2.43. The fourth-order valence-corrected chi connectivity index (χ4v) is 9.93. The number of hydrogen-bond donors (Lipinski definition) is 0. The lowest BCUT2D eigenvalue weighted by atomic mass is 9.96. The predicted molar refractivity (Wildman–Crippen MR) is 251 cm³/mol. The number of fused-ring (bicyclic) bond motifs is 5. The van der Waals surface area contributed by atoms with Gasteiger partial charge in [0.15, 0.2) is 0 Å². The van der Waals surface area contributed by atoms with E-state index in [9.17, 15) is 0 Å². The highest BCUT2D eigenvalue weighted by atomic mass is 32.1. The van der Waals surface area contributed by atoms with E-state index in [4.69, 9.17) is 0 Å². The van der Waals surface area contributed by atoms with E-state index in [1.807, 2.05) is 11.3 Å². The van der Waals surface area contributed by atoms with Crippen molar-refractivity contribution in [3.05, 3.63) is 224 Å². The molecule has 58 heavy (non-hydrogen) atoms. The quantitative estimate of drug-likeness (QED) is 0.157. The van der Waals surface area contributed by atoms with E-state index in [1.54, 1.807) is 0 Å². The Morgan fingerprint density at radius 3 is 1.53 bits per heavy atom. The first-order chi connectivity index (χ1) is 28.8. The van der Waals surface area contributed by atoms with Gasteiger partial charge in [0, 0.05) is 42.7 Å². The van der Waals surface area contributed by atoms with Crippen LogP contribution in [0.25, 0.3) is 86.2 Å². The molecule has 0 N–H and O–H groups in total. The van der Waals surface area contributed by atoms with E-state index in [-0.39, 0.29) is 0 Å². The van der Waals surface area contributed by atoms with E-state index in [1.165, 1.54) is 86.2 Å². The fourth-order valence-electron chi connectivity index (χ4n) is 8.69. The fraction of sp³-hybridized carbons (Fsp3) is 0. The molecule has 1 nitrogen and oxygen atoms in total. The maximum Gasteiger partial charge on any atom is 0.0540 e. The van der Waals surface area contributed by atoms with Crippen LogP contribution < -0.4 is 4.90 Å². The van der Waals surface area contributed by atoms with Crippen LogP contribution in [0.4, 0.5) is 17.1 Å². The molecule has 1 aromatic heterocycles. The largest absolute Gasteiger partial charge is 0.310 e. The number of benzene rings is 10. The van der Waals surface area contributed by atoms with Gasteiger partial charge in [0.05, 0.1) is 5.69 Å². The van der Waals surface area contributed by atoms with Crippen LogP contribution >= 0.6 is 11.3 Å². The number of nitrogens with zero attached hydrogens (tertiary/aromatic N) is 1. The van der Waals surface area contributed by atoms with Gasteiger partial charge in [0.25, 0.3) is 0 Å². The summed E-state index contributed by atoms with van der Waals surface area (Å²) < 4.78 is 2.62. The Hall–Kier alpha value is -7.26. The Bertz CT molecular complexity index is 3270. The lowest BCUT2D eigenvalue weighted by Gasteiger charge is -2.28. The Kier molecular flexibility index (Phi) is 8.42. The molecule has 10 aromatic carbocycles. The van der Waals surface area contributed by atoms with Gasteiger partial charge in [-0.3, -0.25) is 0 Å². The highest BCUT2D eigenvalue weighted by molar-refractivity contribution is 7.26. The Balaban J connectivity index is 1.04. The van der Waals surface area contributed by atoms with E-state index in [2.05, 4.69) is 229 Å². The first kappa shape index (κ1) is 34.0. The second-order valence-electron chi connectivity index (χ2n) is 14.9. The highest BCUT2D eigenvalue weighted by Crippen LogP contribution is 2.47. The lowest BCUT2D eigenvalue weighted by Crippen LogP contribution is -2.11. The number of anilines is 3. The third-order valence-corrected chi connectivity index (χ3v) is 12.7. The van der Waals surface area contributed by atoms with Crippen LogP contribution in [0.3, 0.4) is 0 Å². The number of rotatable bonds is 7. The molecule has 1 heterocycles. The van der Waals surface area contributed by atoms with Crippen molar-refractivity contribution in [2.24, 2.45) is 0 Å². The summed E-state index contributed by atoms with van der Waals surface area (Å²) in [5.74, 6) is 0. The third kappa shape index (κ3) is 5.94. The second-order valence-corrected chi connectivity index (χ2v) is 15.9. The van der Waals surface area contributed by atoms with Gasteiger partial charge in [-0.15, -0.1) is 11.3 Å². The summed E-state index contributed by atoms with van der Waals surface area (Å²) in [7, 11) is 0. The first-order valence-electron chi connectivity index (χ1n) is 19.8. The monoisotopic (exact) mass is 755 g/mol. The van der Waals surface area contributed by atoms with E-state index >= 15 is 0 Å². The summed E-state index contributed by atoms with van der Waals surface area (Å²) in [6, 6.07) is 81.9. The molecule has 0 bridgehead atoms. The minimum atomic E-state index is 1.10. The number of hydrogen-bond acceptors (Lipinski definition) is 2. The highest BCUT2D eigenvalue weighted by Gasteiger charge is 2.20. The number of thiophene rings is 1. The van der Waals surface area contributed by atoms with Crippen LogP contribution in [0.5, 0.6) is 0 Å². The Labute approximate surface area is 342 Å². The molecule has 0 aliphatic carbocycles. The van der Waals surface area contributed by atoms with Crippen LogP contribution in [0.15, 0.2) is 224 Å². The molecule has 2 heteroatoms. The van der Waals surface area contributed by atoms with Gasteiger partial charge in [-0.2, -0.15) is 0 Å². The average Bonchev–Trinajstić information content (AvgIpc) is 3.69. The Morgan fingerprint density at radius 1 is 0.293 bits per heavy atom. The third-order valence-electron chi connectivity index (χ3n) is 11.5. The molecule has 11 aromatic rings. The van der Waals surface area contributed by atoms with Crippen molar-refractivity contribution < 1.29 is 0 Å². The van der Waals surface area contributed by atoms with Gasteiger partial charge in [0.2, 0.25) is 0 Å². The van der Waals surface area contributed by atoms with Crippen molar-refractivity contribution in [3.63, 3.8) is 0 Å². The smallest absolute Gasteiger partial charge is 0.0540 e. The Morgan fingerprint density at radius 2 is 0.793 bits per heavy atom. The first-order valence-corrected chi connectivity index (χ1v) is 20.7. The molecular formula is C56H37NS. The van der Waals surface area contributed by atoms with Crippen molar-refractivity contribution in [1.82, 2.24) is 0 Å². The predicted octanol–water partition coefficient (Wildman–Crippen LogP) is 16.5. The van der Waals surface area contributed by atoms with Gasteiger partial charge in [-0.25, -0.2) is 0 Å². The summed E-state index contributed by atoms with van der Waals surface area (Å²) in [5, 5.41) is 7.63. The molecule has 0 radical (unpaired) electrons. The van der Waals surface area contributed by atoms with Gasteiger partial charge in [0.1, 0.15) is 0 Å². The zero-order chi connectivity index (χ0) is 38.4. The molecular weight excluding hydrogens is 719 g/mol. The lowest BCUT2D eigenvalue weighted by molar-refractivity contribution is 1.28. The summed E-state index contributed by atoms with van der Waals surface area (Å²) >= 11 is 1.88. The van der Waals surface area contributed by atoms with Gasteiger partial charge >= 0.3 is 0 Å². The number of para-hydroxylation sites is 1. The molecule has 0 fully saturated rings. The van der Waals surface area contributed by atoms with Crippen molar-refractivity contribution >= 4 is 70.1 Å². The molecule has 0 aliphatic rings. The molecule has 0 unspecified atom stereocenters. The van der Waals surface area contributed by atoms with Crippen LogP contribution in [-0.2, 0) is 0 Å². The average molecular weight is 756 g/mol. The minimum absolute atomic E-state index is 1.10. The molecule has 0 amide bonds. The second kappa shape index (κ2) is 14.4. The van der Waals surface area contributed by atoms with Gasteiger partial charge in [-0.05, 0) is 91.3 Å². The van der Waals surface area contributed by atoms with Gasteiger partial charge in [-0.1, -0.05) is 188 Å².